The lowest BCUT2D eigenvalue weighted by atomic mass is 10.2. The Morgan fingerprint density at radius 1 is 1.00 bits per heavy atom. The fourth-order valence-electron chi connectivity index (χ4n) is 3.08. The van der Waals surface area contributed by atoms with E-state index < -0.39 is 39.8 Å². The maximum atomic E-state index is 12.8. The molecule has 3 rings (SSSR count). The first-order valence-electron chi connectivity index (χ1n) is 9.35. The summed E-state index contributed by atoms with van der Waals surface area (Å²) in [7, 11) is -3.68. The van der Waals surface area contributed by atoms with Crippen molar-refractivity contribution >= 4 is 22.0 Å². The summed E-state index contributed by atoms with van der Waals surface area (Å²) in [5.74, 6) is -0.557. The minimum absolute atomic E-state index is 0.0463. The molecule has 0 spiro atoms. The van der Waals surface area contributed by atoms with Crippen LogP contribution < -0.4 is 5.56 Å². The van der Waals surface area contributed by atoms with Gasteiger partial charge in [-0.05, 0) is 17.7 Å². The minimum Gasteiger partial charge on any atom is -0.339 e. The van der Waals surface area contributed by atoms with Crippen molar-refractivity contribution in [2.24, 2.45) is 0 Å². The van der Waals surface area contributed by atoms with Crippen molar-refractivity contribution in [1.29, 1.82) is 0 Å². The fourth-order valence-corrected chi connectivity index (χ4v) is 4.25. The van der Waals surface area contributed by atoms with Crippen molar-refractivity contribution in [2.75, 3.05) is 26.2 Å². The molecule has 7 nitrogen and oxygen atoms in total. The highest BCUT2D eigenvalue weighted by Gasteiger charge is 2.32. The summed E-state index contributed by atoms with van der Waals surface area (Å²) in [6.45, 7) is -0.311. The number of benzene rings is 1. The van der Waals surface area contributed by atoms with Gasteiger partial charge in [-0.25, -0.2) is 8.42 Å². The maximum absolute atomic E-state index is 12.8. The number of carbonyl (C=O) groups excluding carboxylic acids is 1. The van der Waals surface area contributed by atoms with Crippen LogP contribution in [0.5, 0.6) is 0 Å². The Balaban J connectivity index is 1.61. The number of nitrogens with zero attached hydrogens (tertiary/aromatic N) is 3. The van der Waals surface area contributed by atoms with Gasteiger partial charge in [-0.1, -0.05) is 30.3 Å². The predicted octanol–water partition coefficient (Wildman–Crippen LogP) is 2.01. The first-order chi connectivity index (χ1) is 14.6. The Morgan fingerprint density at radius 3 is 2.26 bits per heavy atom. The first kappa shape index (κ1) is 22.8. The molecule has 31 heavy (non-hydrogen) atoms. The number of alkyl halides is 3. The van der Waals surface area contributed by atoms with Crippen LogP contribution in [0, 0.1) is 0 Å². The third kappa shape index (κ3) is 5.82. The number of amides is 1. The van der Waals surface area contributed by atoms with Crippen LogP contribution in [0.3, 0.4) is 0 Å². The van der Waals surface area contributed by atoms with E-state index in [-0.39, 0.29) is 26.2 Å². The van der Waals surface area contributed by atoms with Crippen LogP contribution in [0.4, 0.5) is 13.2 Å². The average molecular weight is 455 g/mol. The van der Waals surface area contributed by atoms with Crippen molar-refractivity contribution in [1.82, 2.24) is 13.8 Å². The zero-order valence-electron chi connectivity index (χ0n) is 16.3. The van der Waals surface area contributed by atoms with Gasteiger partial charge in [0.15, 0.2) is 0 Å². The molecule has 1 saturated heterocycles. The molecular weight excluding hydrogens is 435 g/mol. The zero-order chi connectivity index (χ0) is 22.6. The summed E-state index contributed by atoms with van der Waals surface area (Å²) in [5, 5.41) is 1.10. The molecule has 166 valence electrons. The molecule has 1 fully saturated rings. The van der Waals surface area contributed by atoms with E-state index in [4.69, 9.17) is 0 Å². The van der Waals surface area contributed by atoms with Crippen molar-refractivity contribution in [3.05, 3.63) is 75.6 Å². The SMILES string of the molecule is O=C(Cn1cc(C(F)(F)F)ccc1=O)N1CCN(S(=O)(=O)/C=C/c2ccccc2)CC1. The molecule has 0 atom stereocenters. The van der Waals surface area contributed by atoms with Crippen LogP contribution in [0.15, 0.2) is 58.9 Å². The van der Waals surface area contributed by atoms with Gasteiger partial charge in [-0.2, -0.15) is 17.5 Å². The Hall–Kier alpha value is -2.92. The monoisotopic (exact) mass is 455 g/mol. The van der Waals surface area contributed by atoms with E-state index in [2.05, 4.69) is 0 Å². The second-order valence-electron chi connectivity index (χ2n) is 6.92. The maximum Gasteiger partial charge on any atom is 0.417 e. The van der Waals surface area contributed by atoms with Crippen LogP contribution in [-0.4, -0.2) is 54.3 Å². The third-order valence-electron chi connectivity index (χ3n) is 4.80. The first-order valence-corrected chi connectivity index (χ1v) is 10.9. The number of piperazine rings is 1. The van der Waals surface area contributed by atoms with Crippen molar-refractivity contribution in [3.8, 4) is 0 Å². The molecule has 0 radical (unpaired) electrons. The average Bonchev–Trinajstić information content (AvgIpc) is 2.74. The largest absolute Gasteiger partial charge is 0.417 e. The number of hydrogen-bond donors (Lipinski definition) is 0. The lowest BCUT2D eigenvalue weighted by molar-refractivity contribution is -0.139. The van der Waals surface area contributed by atoms with Crippen LogP contribution in [0.1, 0.15) is 11.1 Å². The molecule has 0 N–H and O–H groups in total. The number of carbonyl (C=O) groups is 1. The highest BCUT2D eigenvalue weighted by atomic mass is 32.2. The quantitative estimate of drug-likeness (QED) is 0.691. The lowest BCUT2D eigenvalue weighted by Crippen LogP contribution is -2.51. The number of aromatic nitrogens is 1. The second-order valence-corrected chi connectivity index (χ2v) is 8.74. The van der Waals surface area contributed by atoms with Gasteiger partial charge in [0.25, 0.3) is 5.56 Å². The summed E-state index contributed by atoms with van der Waals surface area (Å²) in [4.78, 5) is 25.6. The van der Waals surface area contributed by atoms with Crippen LogP contribution in [0.2, 0.25) is 0 Å². The van der Waals surface area contributed by atoms with E-state index in [0.717, 1.165) is 17.0 Å². The fraction of sp³-hybridized carbons (Fsp3) is 0.300. The molecule has 0 bridgehead atoms. The molecule has 1 aromatic carbocycles. The molecule has 0 unspecified atom stereocenters. The molecular formula is C20H20F3N3O4S. The molecule has 2 aromatic rings. The number of sulfonamides is 1. The van der Waals surface area contributed by atoms with E-state index in [1.165, 1.54) is 15.3 Å². The van der Waals surface area contributed by atoms with Crippen molar-refractivity contribution in [3.63, 3.8) is 0 Å². The topological polar surface area (TPSA) is 79.7 Å². The normalized spacial score (nSPS) is 16.0. The molecule has 0 aliphatic carbocycles. The third-order valence-corrected chi connectivity index (χ3v) is 6.36. The Morgan fingerprint density at radius 2 is 1.65 bits per heavy atom. The van der Waals surface area contributed by atoms with Crippen LogP contribution >= 0.6 is 0 Å². The number of rotatable bonds is 5. The van der Waals surface area contributed by atoms with Crippen LogP contribution in [0.25, 0.3) is 6.08 Å². The van der Waals surface area contributed by atoms with Gasteiger partial charge in [0, 0.05) is 43.9 Å². The smallest absolute Gasteiger partial charge is 0.339 e. The summed E-state index contributed by atoms with van der Waals surface area (Å²) < 4.78 is 65.4. The highest BCUT2D eigenvalue weighted by molar-refractivity contribution is 7.92. The lowest BCUT2D eigenvalue weighted by Gasteiger charge is -2.33. The summed E-state index contributed by atoms with van der Waals surface area (Å²) in [6, 6.07) is 10.3. The van der Waals surface area contributed by atoms with Gasteiger partial charge < -0.3 is 9.47 Å². The van der Waals surface area contributed by atoms with E-state index >= 15 is 0 Å². The molecule has 0 saturated carbocycles. The Kier molecular flexibility index (Phi) is 6.65. The molecule has 11 heteroatoms. The van der Waals surface area contributed by atoms with Crippen molar-refractivity contribution < 1.29 is 26.4 Å². The molecule has 1 amide bonds. The van der Waals surface area contributed by atoms with Crippen molar-refractivity contribution in [2.45, 2.75) is 12.7 Å². The van der Waals surface area contributed by atoms with Gasteiger partial charge in [-0.3, -0.25) is 9.59 Å². The van der Waals surface area contributed by atoms with Gasteiger partial charge in [0.1, 0.15) is 6.54 Å². The van der Waals surface area contributed by atoms with Gasteiger partial charge in [0.2, 0.25) is 15.9 Å². The minimum atomic E-state index is -4.63. The van der Waals surface area contributed by atoms with E-state index in [9.17, 15) is 31.2 Å². The number of pyridine rings is 1. The molecule has 2 heterocycles. The summed E-state index contributed by atoms with van der Waals surface area (Å²) >= 11 is 0. The zero-order valence-corrected chi connectivity index (χ0v) is 17.1. The van der Waals surface area contributed by atoms with Gasteiger partial charge in [-0.15, -0.1) is 0 Å². The van der Waals surface area contributed by atoms with E-state index in [0.29, 0.717) is 16.8 Å². The molecule has 1 aromatic heterocycles. The summed E-state index contributed by atoms with van der Waals surface area (Å²) in [6.07, 6.45) is -2.55. The standard InChI is InChI=1S/C20H20F3N3O4S/c21-20(22,23)17-6-7-18(27)25(14-17)15-19(28)24-9-11-26(12-10-24)31(29,30)13-8-16-4-2-1-3-5-16/h1-8,13-14H,9-12,15H2/b13-8+. The second kappa shape index (κ2) is 9.06. The highest BCUT2D eigenvalue weighted by Crippen LogP contribution is 2.28. The molecule has 1 aliphatic rings. The Bertz CT molecular complexity index is 1120. The van der Waals surface area contributed by atoms with E-state index in [1.54, 1.807) is 24.3 Å². The van der Waals surface area contributed by atoms with Crippen LogP contribution in [-0.2, 0) is 27.5 Å². The number of hydrogen-bond acceptors (Lipinski definition) is 4. The van der Waals surface area contributed by atoms with E-state index in [1.807, 2.05) is 6.07 Å². The molecule has 1 aliphatic heterocycles. The summed E-state index contributed by atoms with van der Waals surface area (Å²) in [5.41, 5.74) is -1.03. The van der Waals surface area contributed by atoms with Gasteiger partial charge in [0.05, 0.1) is 5.56 Å². The van der Waals surface area contributed by atoms with Gasteiger partial charge >= 0.3 is 6.18 Å². The number of halogens is 3. The Labute approximate surface area is 177 Å². The predicted molar refractivity (Wildman–Crippen MR) is 108 cm³/mol.